The van der Waals surface area contributed by atoms with E-state index in [1.165, 1.54) is 24.2 Å². The van der Waals surface area contributed by atoms with E-state index in [-0.39, 0.29) is 17.9 Å². The van der Waals surface area contributed by atoms with E-state index >= 15 is 0 Å². The van der Waals surface area contributed by atoms with Crippen LogP contribution in [0.15, 0.2) is 29.3 Å². The van der Waals surface area contributed by atoms with E-state index < -0.39 is 5.54 Å². The molecule has 4 rings (SSSR count). The van der Waals surface area contributed by atoms with Crippen LogP contribution in [0.4, 0.5) is 10.5 Å². The smallest absolute Gasteiger partial charge is 0.329 e. The van der Waals surface area contributed by atoms with E-state index in [1.54, 1.807) is 6.07 Å². The molecule has 3 fully saturated rings. The number of carbonyl (C=O) groups excluding carboxylic acids is 2. The Kier molecular flexibility index (Phi) is 5.00. The van der Waals surface area contributed by atoms with Gasteiger partial charge in [0.15, 0.2) is 5.96 Å². The number of imide groups is 1. The van der Waals surface area contributed by atoms with Gasteiger partial charge in [0.25, 0.3) is 5.91 Å². The summed E-state index contributed by atoms with van der Waals surface area (Å²) in [6, 6.07) is 7.46. The summed E-state index contributed by atoms with van der Waals surface area (Å²) in [5.74, 6) is 0.528. The van der Waals surface area contributed by atoms with Crippen molar-refractivity contribution in [3.8, 4) is 0 Å². The van der Waals surface area contributed by atoms with Crippen LogP contribution in [0.1, 0.15) is 57.4 Å². The number of amides is 3. The Hall–Kier alpha value is -2.57. The number of anilines is 1. The van der Waals surface area contributed by atoms with Gasteiger partial charge in [-0.05, 0) is 56.2 Å². The Labute approximate surface area is 165 Å². The number of rotatable bonds is 5. The van der Waals surface area contributed by atoms with E-state index in [0.717, 1.165) is 31.2 Å². The third kappa shape index (κ3) is 3.70. The number of hydrogen-bond acceptors (Lipinski definition) is 3. The SMILES string of the molecule is CC1(C2CC2)NC(=O)N(c2cccc(CN=C(N)NC3CCCCC3)c2)C1=O. The first kappa shape index (κ1) is 18.8. The lowest BCUT2D eigenvalue weighted by Crippen LogP contribution is -2.46. The molecule has 7 nitrogen and oxygen atoms in total. The number of carbonyl (C=O) groups is 2. The molecule has 7 heteroatoms. The Morgan fingerprint density at radius 1 is 1.25 bits per heavy atom. The molecule has 4 N–H and O–H groups in total. The second kappa shape index (κ2) is 7.45. The van der Waals surface area contributed by atoms with Gasteiger partial charge in [0.1, 0.15) is 5.54 Å². The van der Waals surface area contributed by atoms with Crippen LogP contribution in [0.2, 0.25) is 0 Å². The highest BCUT2D eigenvalue weighted by Crippen LogP contribution is 2.43. The summed E-state index contributed by atoms with van der Waals surface area (Å²) in [5, 5.41) is 6.19. The van der Waals surface area contributed by atoms with Crippen LogP contribution in [0.25, 0.3) is 0 Å². The molecule has 0 bridgehead atoms. The zero-order chi connectivity index (χ0) is 19.7. The number of hydrogen-bond donors (Lipinski definition) is 3. The highest BCUT2D eigenvalue weighted by Gasteiger charge is 2.56. The molecule has 3 amide bonds. The summed E-state index contributed by atoms with van der Waals surface area (Å²) in [6.45, 7) is 2.24. The topological polar surface area (TPSA) is 99.8 Å². The fourth-order valence-electron chi connectivity index (χ4n) is 4.30. The molecule has 1 aromatic carbocycles. The van der Waals surface area contributed by atoms with Crippen LogP contribution >= 0.6 is 0 Å². The predicted molar refractivity (Wildman–Crippen MR) is 109 cm³/mol. The minimum absolute atomic E-state index is 0.167. The minimum Gasteiger partial charge on any atom is -0.370 e. The van der Waals surface area contributed by atoms with Gasteiger partial charge < -0.3 is 16.4 Å². The molecule has 1 aliphatic heterocycles. The van der Waals surface area contributed by atoms with Gasteiger partial charge in [-0.3, -0.25) is 4.79 Å². The number of guanidine groups is 1. The highest BCUT2D eigenvalue weighted by atomic mass is 16.2. The lowest BCUT2D eigenvalue weighted by Gasteiger charge is -2.23. The molecular formula is C21H29N5O2. The fraction of sp³-hybridized carbons (Fsp3) is 0.571. The van der Waals surface area contributed by atoms with E-state index in [0.29, 0.717) is 24.2 Å². The van der Waals surface area contributed by atoms with Crippen LogP contribution in [-0.2, 0) is 11.3 Å². The van der Waals surface area contributed by atoms with Crippen LogP contribution in [-0.4, -0.2) is 29.5 Å². The Morgan fingerprint density at radius 2 is 2.00 bits per heavy atom. The van der Waals surface area contributed by atoms with Crippen molar-refractivity contribution in [1.82, 2.24) is 10.6 Å². The van der Waals surface area contributed by atoms with Crippen molar-refractivity contribution in [3.63, 3.8) is 0 Å². The van der Waals surface area contributed by atoms with Gasteiger partial charge in [0.05, 0.1) is 12.2 Å². The predicted octanol–water partition coefficient (Wildman–Crippen LogP) is 2.65. The Morgan fingerprint density at radius 3 is 2.71 bits per heavy atom. The monoisotopic (exact) mass is 383 g/mol. The number of urea groups is 1. The van der Waals surface area contributed by atoms with Crippen molar-refractivity contribution in [2.45, 2.75) is 70.0 Å². The minimum atomic E-state index is -0.778. The van der Waals surface area contributed by atoms with Gasteiger partial charge in [-0.2, -0.15) is 0 Å². The maximum Gasteiger partial charge on any atom is 0.329 e. The lowest BCUT2D eigenvalue weighted by atomic mass is 9.96. The summed E-state index contributed by atoms with van der Waals surface area (Å²) in [4.78, 5) is 31.1. The largest absolute Gasteiger partial charge is 0.370 e. The molecule has 1 atom stereocenters. The number of nitrogens with two attached hydrogens (primary N) is 1. The number of aliphatic imine (C=N–C) groups is 1. The van der Waals surface area contributed by atoms with Gasteiger partial charge >= 0.3 is 6.03 Å². The second-order valence-corrected chi connectivity index (χ2v) is 8.40. The van der Waals surface area contributed by atoms with Gasteiger partial charge in [0.2, 0.25) is 0 Å². The first-order valence-corrected chi connectivity index (χ1v) is 10.3. The van der Waals surface area contributed by atoms with Crippen molar-refractivity contribution in [2.24, 2.45) is 16.6 Å². The molecule has 1 heterocycles. The number of nitrogens with zero attached hydrogens (tertiary/aromatic N) is 2. The summed E-state index contributed by atoms with van der Waals surface area (Å²) < 4.78 is 0. The van der Waals surface area contributed by atoms with Crippen LogP contribution in [0.5, 0.6) is 0 Å². The first-order chi connectivity index (χ1) is 13.5. The molecule has 0 aromatic heterocycles. The van der Waals surface area contributed by atoms with Crippen molar-refractivity contribution in [3.05, 3.63) is 29.8 Å². The molecule has 28 heavy (non-hydrogen) atoms. The molecule has 0 spiro atoms. The summed E-state index contributed by atoms with van der Waals surface area (Å²) >= 11 is 0. The molecule has 150 valence electrons. The molecule has 2 saturated carbocycles. The Balaban J connectivity index is 1.43. The second-order valence-electron chi connectivity index (χ2n) is 8.40. The third-order valence-corrected chi connectivity index (χ3v) is 6.17. The lowest BCUT2D eigenvalue weighted by molar-refractivity contribution is -0.122. The Bertz CT molecular complexity index is 798. The molecule has 2 aliphatic carbocycles. The zero-order valence-electron chi connectivity index (χ0n) is 16.4. The van der Waals surface area contributed by atoms with E-state index in [9.17, 15) is 9.59 Å². The van der Waals surface area contributed by atoms with Gasteiger partial charge in [-0.25, -0.2) is 14.7 Å². The maximum absolute atomic E-state index is 12.9. The molecule has 1 aromatic rings. The van der Waals surface area contributed by atoms with Crippen molar-refractivity contribution < 1.29 is 9.59 Å². The maximum atomic E-state index is 12.9. The molecule has 1 saturated heterocycles. The zero-order valence-corrected chi connectivity index (χ0v) is 16.4. The normalized spacial score (nSPS) is 26.5. The van der Waals surface area contributed by atoms with Crippen LogP contribution < -0.4 is 21.3 Å². The number of benzene rings is 1. The first-order valence-electron chi connectivity index (χ1n) is 10.3. The summed E-state index contributed by atoms with van der Waals surface area (Å²) in [6.07, 6.45) is 8.01. The van der Waals surface area contributed by atoms with Crippen molar-refractivity contribution >= 4 is 23.6 Å². The van der Waals surface area contributed by atoms with Gasteiger partial charge in [-0.1, -0.05) is 31.4 Å². The third-order valence-electron chi connectivity index (χ3n) is 6.17. The van der Waals surface area contributed by atoms with Gasteiger partial charge in [0, 0.05) is 6.04 Å². The van der Waals surface area contributed by atoms with E-state index in [1.807, 2.05) is 25.1 Å². The van der Waals surface area contributed by atoms with Crippen LogP contribution in [0.3, 0.4) is 0 Å². The van der Waals surface area contributed by atoms with Crippen molar-refractivity contribution in [1.29, 1.82) is 0 Å². The molecule has 0 radical (unpaired) electrons. The van der Waals surface area contributed by atoms with Crippen LogP contribution in [0, 0.1) is 5.92 Å². The molecule has 1 unspecified atom stereocenters. The quantitative estimate of drug-likeness (QED) is 0.413. The standard InChI is InChI=1S/C21H29N5O2/c1-21(15-10-11-15)18(27)26(20(28)25-21)17-9-5-6-14(12-17)13-23-19(22)24-16-7-3-2-4-8-16/h5-6,9,12,15-16H,2-4,7-8,10-11,13H2,1H3,(H,25,28)(H3,22,23,24). The average molecular weight is 383 g/mol. The molecular weight excluding hydrogens is 354 g/mol. The summed E-state index contributed by atoms with van der Waals surface area (Å²) in [7, 11) is 0. The summed E-state index contributed by atoms with van der Waals surface area (Å²) in [5.41, 5.74) is 6.76. The van der Waals surface area contributed by atoms with E-state index in [4.69, 9.17) is 5.73 Å². The highest BCUT2D eigenvalue weighted by molar-refractivity contribution is 6.23. The molecule has 3 aliphatic rings. The fourth-order valence-corrected chi connectivity index (χ4v) is 4.30. The van der Waals surface area contributed by atoms with E-state index in [2.05, 4.69) is 15.6 Å². The number of nitrogens with one attached hydrogen (secondary N) is 2. The van der Waals surface area contributed by atoms with Gasteiger partial charge in [-0.15, -0.1) is 0 Å². The average Bonchev–Trinajstić information content (AvgIpc) is 3.50. The van der Waals surface area contributed by atoms with Crippen molar-refractivity contribution in [2.75, 3.05) is 4.90 Å².